The highest BCUT2D eigenvalue weighted by Crippen LogP contribution is 2.19. The van der Waals surface area contributed by atoms with Gasteiger partial charge in [0.1, 0.15) is 17.0 Å². The van der Waals surface area contributed by atoms with Crippen LogP contribution in [0.1, 0.15) is 35.7 Å². The smallest absolute Gasteiger partial charge is 0.265 e. The molecular weight excluding hydrogens is 357 g/mol. The number of rotatable bonds is 3. The number of pyridine rings is 2. The molecule has 4 rings (SSSR count). The van der Waals surface area contributed by atoms with Crippen molar-refractivity contribution in [2.75, 3.05) is 13.1 Å². The number of carbonyl (C=O) groups excluding carboxylic acids is 1. The van der Waals surface area contributed by atoms with E-state index in [9.17, 15) is 14.0 Å². The molecule has 5 nitrogen and oxygen atoms in total. The number of benzene rings is 1. The molecule has 3 heterocycles. The van der Waals surface area contributed by atoms with Crippen LogP contribution >= 0.6 is 0 Å². The standard InChI is InChI=1S/C22H22FN3O2/c1-15-6-5-11-25(13-15)21(27)18-12-16-8-4-10-24-20(16)26(22(18)28)14-17-7-2-3-9-19(17)23/h2-4,7-10,12,15H,5-6,11,13-14H2,1H3/t15-/m0/s1. The Morgan fingerprint density at radius 2 is 2.07 bits per heavy atom. The van der Waals surface area contributed by atoms with E-state index in [0.717, 1.165) is 12.8 Å². The highest BCUT2D eigenvalue weighted by Gasteiger charge is 2.25. The molecule has 28 heavy (non-hydrogen) atoms. The largest absolute Gasteiger partial charge is 0.338 e. The quantitative estimate of drug-likeness (QED) is 0.700. The molecule has 1 aliphatic heterocycles. The zero-order valence-electron chi connectivity index (χ0n) is 15.8. The summed E-state index contributed by atoms with van der Waals surface area (Å²) in [7, 11) is 0. The number of aromatic nitrogens is 2. The average molecular weight is 379 g/mol. The van der Waals surface area contributed by atoms with E-state index < -0.39 is 5.56 Å². The second-order valence-corrected chi connectivity index (χ2v) is 7.46. The number of fused-ring (bicyclic) bond motifs is 1. The molecule has 0 saturated carbocycles. The first kappa shape index (κ1) is 18.3. The Labute approximate surface area is 162 Å². The molecule has 1 aromatic carbocycles. The molecule has 0 N–H and O–H groups in total. The highest BCUT2D eigenvalue weighted by atomic mass is 19.1. The Bertz CT molecular complexity index is 1090. The fourth-order valence-electron chi connectivity index (χ4n) is 3.85. The summed E-state index contributed by atoms with van der Waals surface area (Å²) < 4.78 is 15.6. The third kappa shape index (κ3) is 3.42. The van der Waals surface area contributed by atoms with Crippen molar-refractivity contribution in [2.45, 2.75) is 26.3 Å². The molecule has 1 aliphatic rings. The van der Waals surface area contributed by atoms with Gasteiger partial charge >= 0.3 is 0 Å². The lowest BCUT2D eigenvalue weighted by molar-refractivity contribution is 0.0681. The number of likely N-dealkylation sites (tertiary alicyclic amines) is 1. The van der Waals surface area contributed by atoms with Crippen LogP contribution in [0.3, 0.4) is 0 Å². The summed E-state index contributed by atoms with van der Waals surface area (Å²) in [6, 6.07) is 11.5. The lowest BCUT2D eigenvalue weighted by Crippen LogP contribution is -2.42. The van der Waals surface area contributed by atoms with Crippen molar-refractivity contribution in [3.05, 3.63) is 76.0 Å². The van der Waals surface area contributed by atoms with Gasteiger partial charge < -0.3 is 4.90 Å². The maximum absolute atomic E-state index is 14.2. The third-order valence-electron chi connectivity index (χ3n) is 5.31. The normalized spacial score (nSPS) is 17.1. The lowest BCUT2D eigenvalue weighted by Gasteiger charge is -2.31. The number of hydrogen-bond acceptors (Lipinski definition) is 3. The van der Waals surface area contributed by atoms with E-state index >= 15 is 0 Å². The van der Waals surface area contributed by atoms with Gasteiger partial charge in [0.2, 0.25) is 0 Å². The van der Waals surface area contributed by atoms with Gasteiger partial charge in [0.15, 0.2) is 0 Å². The van der Waals surface area contributed by atoms with Crippen molar-refractivity contribution in [1.82, 2.24) is 14.5 Å². The number of amides is 1. The van der Waals surface area contributed by atoms with Crippen molar-refractivity contribution >= 4 is 16.9 Å². The second kappa shape index (κ2) is 7.54. The molecule has 2 aromatic heterocycles. The van der Waals surface area contributed by atoms with Gasteiger partial charge in [-0.15, -0.1) is 0 Å². The Morgan fingerprint density at radius 1 is 1.25 bits per heavy atom. The molecule has 0 unspecified atom stereocenters. The van der Waals surface area contributed by atoms with E-state index in [0.29, 0.717) is 35.6 Å². The van der Waals surface area contributed by atoms with Crippen molar-refractivity contribution in [3.63, 3.8) is 0 Å². The van der Waals surface area contributed by atoms with E-state index in [1.165, 1.54) is 10.6 Å². The number of hydrogen-bond donors (Lipinski definition) is 0. The van der Waals surface area contributed by atoms with Crippen LogP contribution in [-0.4, -0.2) is 33.4 Å². The van der Waals surface area contributed by atoms with E-state index in [-0.39, 0.29) is 23.8 Å². The van der Waals surface area contributed by atoms with Crippen LogP contribution < -0.4 is 5.56 Å². The van der Waals surface area contributed by atoms with Gasteiger partial charge in [-0.1, -0.05) is 25.1 Å². The monoisotopic (exact) mass is 379 g/mol. The minimum Gasteiger partial charge on any atom is -0.338 e. The first-order valence-corrected chi connectivity index (χ1v) is 9.56. The maximum atomic E-state index is 14.2. The van der Waals surface area contributed by atoms with Gasteiger partial charge in [0.25, 0.3) is 11.5 Å². The first-order chi connectivity index (χ1) is 13.5. The van der Waals surface area contributed by atoms with E-state index in [2.05, 4.69) is 11.9 Å². The second-order valence-electron chi connectivity index (χ2n) is 7.46. The van der Waals surface area contributed by atoms with Crippen molar-refractivity contribution in [1.29, 1.82) is 0 Å². The summed E-state index contributed by atoms with van der Waals surface area (Å²) in [6.07, 6.45) is 3.61. The Morgan fingerprint density at radius 3 is 2.86 bits per heavy atom. The van der Waals surface area contributed by atoms with Crippen LogP contribution in [0, 0.1) is 11.7 Å². The number of piperidine rings is 1. The highest BCUT2D eigenvalue weighted by molar-refractivity contribution is 5.97. The zero-order chi connectivity index (χ0) is 19.7. The van der Waals surface area contributed by atoms with Gasteiger partial charge in [-0.3, -0.25) is 14.2 Å². The molecule has 0 spiro atoms. The van der Waals surface area contributed by atoms with Crippen LogP contribution in [0.5, 0.6) is 0 Å². The molecule has 1 amide bonds. The number of halogens is 1. The lowest BCUT2D eigenvalue weighted by atomic mass is 9.99. The summed E-state index contributed by atoms with van der Waals surface area (Å²) in [5.74, 6) is -0.231. The zero-order valence-corrected chi connectivity index (χ0v) is 15.8. The predicted octanol–water partition coefficient (Wildman–Crippen LogP) is 3.46. The molecular formula is C22H22FN3O2. The van der Waals surface area contributed by atoms with Crippen LogP contribution in [0.4, 0.5) is 4.39 Å². The Kier molecular flexibility index (Phi) is 4.94. The number of carbonyl (C=O) groups is 1. The van der Waals surface area contributed by atoms with Crippen LogP contribution in [0.15, 0.2) is 53.5 Å². The van der Waals surface area contributed by atoms with E-state index in [4.69, 9.17) is 0 Å². The van der Waals surface area contributed by atoms with E-state index in [1.807, 2.05) is 6.07 Å². The van der Waals surface area contributed by atoms with Crippen molar-refractivity contribution in [2.24, 2.45) is 5.92 Å². The minimum atomic E-state index is -0.433. The summed E-state index contributed by atoms with van der Waals surface area (Å²) in [5, 5.41) is 0.687. The molecule has 6 heteroatoms. The number of nitrogens with zero attached hydrogens (tertiary/aromatic N) is 3. The molecule has 0 bridgehead atoms. The molecule has 1 fully saturated rings. The maximum Gasteiger partial charge on any atom is 0.265 e. The molecule has 0 aliphatic carbocycles. The Balaban J connectivity index is 1.82. The molecule has 3 aromatic rings. The van der Waals surface area contributed by atoms with Crippen LogP contribution in [0.2, 0.25) is 0 Å². The molecule has 1 saturated heterocycles. The predicted molar refractivity (Wildman–Crippen MR) is 106 cm³/mol. The average Bonchev–Trinajstić information content (AvgIpc) is 2.71. The third-order valence-corrected chi connectivity index (χ3v) is 5.31. The molecule has 144 valence electrons. The first-order valence-electron chi connectivity index (χ1n) is 9.56. The summed E-state index contributed by atoms with van der Waals surface area (Å²) in [5.41, 5.74) is 0.510. The topological polar surface area (TPSA) is 55.2 Å². The van der Waals surface area contributed by atoms with Gasteiger partial charge in [-0.25, -0.2) is 9.37 Å². The van der Waals surface area contributed by atoms with Crippen LogP contribution in [0.25, 0.3) is 11.0 Å². The summed E-state index contributed by atoms with van der Waals surface area (Å²) >= 11 is 0. The molecule has 1 atom stereocenters. The van der Waals surface area contributed by atoms with Gasteiger partial charge in [-0.2, -0.15) is 0 Å². The SMILES string of the molecule is C[C@H]1CCCN(C(=O)c2cc3cccnc3n(Cc3ccccc3F)c2=O)C1. The van der Waals surface area contributed by atoms with Gasteiger partial charge in [0.05, 0.1) is 6.54 Å². The van der Waals surface area contributed by atoms with Crippen molar-refractivity contribution < 1.29 is 9.18 Å². The van der Waals surface area contributed by atoms with Crippen LogP contribution in [-0.2, 0) is 6.54 Å². The fourth-order valence-corrected chi connectivity index (χ4v) is 3.85. The van der Waals surface area contributed by atoms with Crippen molar-refractivity contribution in [3.8, 4) is 0 Å². The molecule has 0 radical (unpaired) electrons. The Hall–Kier alpha value is -3.02. The summed E-state index contributed by atoms with van der Waals surface area (Å²) in [6.45, 7) is 3.44. The fraction of sp³-hybridized carbons (Fsp3) is 0.318. The minimum absolute atomic E-state index is 0.0243. The summed E-state index contributed by atoms with van der Waals surface area (Å²) in [4.78, 5) is 32.4. The van der Waals surface area contributed by atoms with Gasteiger partial charge in [0, 0.05) is 30.2 Å². The van der Waals surface area contributed by atoms with E-state index in [1.54, 1.807) is 41.4 Å². The van der Waals surface area contributed by atoms with Gasteiger partial charge in [-0.05, 0) is 43.0 Å².